The van der Waals surface area contributed by atoms with Crippen LogP contribution in [-0.2, 0) is 4.79 Å². The summed E-state index contributed by atoms with van der Waals surface area (Å²) >= 11 is 18.5. The third kappa shape index (κ3) is 3.62. The van der Waals surface area contributed by atoms with E-state index in [1.165, 1.54) is 29.8 Å². The molecule has 0 spiro atoms. The summed E-state index contributed by atoms with van der Waals surface area (Å²) in [6.45, 7) is 0. The summed E-state index contributed by atoms with van der Waals surface area (Å²) in [5.41, 5.74) is 1.27. The van der Waals surface area contributed by atoms with Crippen molar-refractivity contribution in [1.82, 2.24) is 0 Å². The van der Waals surface area contributed by atoms with E-state index in [0.717, 1.165) is 0 Å². The lowest BCUT2D eigenvalue weighted by Crippen LogP contribution is -2.27. The highest BCUT2D eigenvalue weighted by Gasteiger charge is 2.33. The minimum Gasteiger partial charge on any atom is -0.504 e. The molecule has 0 unspecified atom stereocenters. The van der Waals surface area contributed by atoms with Crippen molar-refractivity contribution in [2.24, 2.45) is 0 Å². The normalized spacial score (nSPS) is 16.0. The molecule has 0 bridgehead atoms. The topological polar surface area (TPSA) is 49.8 Å². The first kappa shape index (κ1) is 18.1. The Morgan fingerprint density at radius 2 is 1.96 bits per heavy atom. The maximum absolute atomic E-state index is 12.7. The van der Waals surface area contributed by atoms with Crippen molar-refractivity contribution in [2.45, 2.75) is 0 Å². The Morgan fingerprint density at radius 3 is 2.64 bits per heavy atom. The van der Waals surface area contributed by atoms with Gasteiger partial charge in [-0.3, -0.25) is 9.69 Å². The summed E-state index contributed by atoms with van der Waals surface area (Å²) in [5.74, 6) is 0.108. The maximum atomic E-state index is 12.7. The van der Waals surface area contributed by atoms with Gasteiger partial charge in [-0.05, 0) is 42.0 Å². The fourth-order valence-electron chi connectivity index (χ4n) is 2.25. The van der Waals surface area contributed by atoms with E-state index < -0.39 is 0 Å². The summed E-state index contributed by atoms with van der Waals surface area (Å²) in [6.07, 6.45) is 1.69. The smallest absolute Gasteiger partial charge is 0.270 e. The summed E-state index contributed by atoms with van der Waals surface area (Å²) in [5, 5.41) is 10.4. The molecule has 1 heterocycles. The highest BCUT2D eigenvalue weighted by Crippen LogP contribution is 2.38. The van der Waals surface area contributed by atoms with Crippen LogP contribution in [0.3, 0.4) is 0 Å². The Bertz CT molecular complexity index is 915. The van der Waals surface area contributed by atoms with Gasteiger partial charge in [0, 0.05) is 0 Å². The number of carbonyl (C=O) groups excluding carboxylic acids is 1. The van der Waals surface area contributed by atoms with Gasteiger partial charge in [0.2, 0.25) is 0 Å². The van der Waals surface area contributed by atoms with Crippen molar-refractivity contribution in [3.63, 3.8) is 0 Å². The number of amides is 1. The van der Waals surface area contributed by atoms with Gasteiger partial charge >= 0.3 is 0 Å². The van der Waals surface area contributed by atoms with E-state index in [1.807, 2.05) is 0 Å². The zero-order valence-corrected chi connectivity index (χ0v) is 16.0. The number of halogens is 2. The first-order valence-corrected chi connectivity index (χ1v) is 8.99. The molecule has 128 valence electrons. The van der Waals surface area contributed by atoms with E-state index >= 15 is 0 Å². The second-order valence-corrected chi connectivity index (χ2v) is 7.54. The fourth-order valence-corrected chi connectivity index (χ4v) is 3.84. The van der Waals surface area contributed by atoms with Crippen LogP contribution in [-0.4, -0.2) is 22.4 Å². The number of thioether (sulfide) groups is 1. The average Bonchev–Trinajstić information content (AvgIpc) is 2.86. The van der Waals surface area contributed by atoms with Crippen LogP contribution in [0.5, 0.6) is 11.5 Å². The SMILES string of the molecule is COc1cc(C=C2SC(=S)N(c3ccc(Cl)c(Cl)c3)C2=O)ccc1O. The molecule has 4 nitrogen and oxygen atoms in total. The molecule has 1 saturated heterocycles. The van der Waals surface area contributed by atoms with E-state index in [1.54, 1.807) is 36.4 Å². The first-order chi connectivity index (χ1) is 11.9. The van der Waals surface area contributed by atoms with Crippen molar-refractivity contribution < 1.29 is 14.6 Å². The zero-order chi connectivity index (χ0) is 18.1. The lowest BCUT2D eigenvalue weighted by molar-refractivity contribution is -0.113. The average molecular weight is 412 g/mol. The Morgan fingerprint density at radius 1 is 1.20 bits per heavy atom. The van der Waals surface area contributed by atoms with Gasteiger partial charge in [-0.25, -0.2) is 0 Å². The molecule has 2 aromatic rings. The van der Waals surface area contributed by atoms with E-state index in [-0.39, 0.29) is 11.7 Å². The van der Waals surface area contributed by atoms with Crippen LogP contribution in [0.15, 0.2) is 41.3 Å². The number of phenolic OH excluding ortho intramolecular Hbond substituents is 1. The molecule has 0 atom stereocenters. The second kappa shape index (κ2) is 7.25. The zero-order valence-electron chi connectivity index (χ0n) is 12.8. The maximum Gasteiger partial charge on any atom is 0.270 e. The summed E-state index contributed by atoms with van der Waals surface area (Å²) < 4.78 is 5.48. The van der Waals surface area contributed by atoms with E-state index in [9.17, 15) is 9.90 Å². The minimum atomic E-state index is -0.250. The number of nitrogens with zero attached hydrogens (tertiary/aromatic N) is 1. The van der Waals surface area contributed by atoms with E-state index in [0.29, 0.717) is 36.3 Å². The number of ether oxygens (including phenoxy) is 1. The van der Waals surface area contributed by atoms with Crippen LogP contribution in [0.1, 0.15) is 5.56 Å². The Balaban J connectivity index is 1.94. The fraction of sp³-hybridized carbons (Fsp3) is 0.0588. The third-order valence-corrected chi connectivity index (χ3v) is 5.50. The molecular formula is C17H11Cl2NO3S2. The first-order valence-electron chi connectivity index (χ1n) is 7.00. The number of rotatable bonds is 3. The molecule has 0 radical (unpaired) electrons. The molecule has 1 aliphatic heterocycles. The molecule has 1 fully saturated rings. The Kier molecular flexibility index (Phi) is 5.24. The molecule has 25 heavy (non-hydrogen) atoms. The van der Waals surface area contributed by atoms with Gasteiger partial charge in [0.15, 0.2) is 15.8 Å². The molecule has 1 aliphatic rings. The monoisotopic (exact) mass is 411 g/mol. The molecule has 8 heteroatoms. The lowest BCUT2D eigenvalue weighted by atomic mass is 10.2. The number of hydrogen-bond donors (Lipinski definition) is 1. The van der Waals surface area contributed by atoms with Crippen LogP contribution >= 0.6 is 47.2 Å². The van der Waals surface area contributed by atoms with Gasteiger partial charge in [0.1, 0.15) is 0 Å². The standard InChI is InChI=1S/C17H11Cl2NO3S2/c1-23-14-6-9(2-5-13(14)21)7-15-16(22)20(17(24)25-15)10-3-4-11(18)12(19)8-10/h2-8,21H,1H3. The summed E-state index contributed by atoms with van der Waals surface area (Å²) in [4.78, 5) is 14.6. The van der Waals surface area contributed by atoms with Crippen LogP contribution in [0.2, 0.25) is 10.0 Å². The van der Waals surface area contributed by atoms with E-state index in [4.69, 9.17) is 40.2 Å². The molecular weight excluding hydrogens is 401 g/mol. The van der Waals surface area contributed by atoms with Crippen LogP contribution < -0.4 is 9.64 Å². The van der Waals surface area contributed by atoms with Crippen molar-refractivity contribution in [2.75, 3.05) is 12.0 Å². The second-order valence-electron chi connectivity index (χ2n) is 5.05. The van der Waals surface area contributed by atoms with Gasteiger partial charge < -0.3 is 9.84 Å². The predicted molar refractivity (Wildman–Crippen MR) is 107 cm³/mol. The van der Waals surface area contributed by atoms with Crippen molar-refractivity contribution in [1.29, 1.82) is 0 Å². The molecule has 0 saturated carbocycles. The summed E-state index contributed by atoms with van der Waals surface area (Å²) in [6, 6.07) is 9.73. The van der Waals surface area contributed by atoms with Crippen LogP contribution in [0.25, 0.3) is 6.08 Å². The van der Waals surface area contributed by atoms with Gasteiger partial charge in [-0.2, -0.15) is 0 Å². The van der Waals surface area contributed by atoms with Crippen molar-refractivity contribution in [3.05, 3.63) is 56.9 Å². The highest BCUT2D eigenvalue weighted by molar-refractivity contribution is 8.27. The number of phenols is 1. The number of hydrogen-bond acceptors (Lipinski definition) is 5. The molecule has 0 aliphatic carbocycles. The number of carbonyl (C=O) groups is 1. The van der Waals surface area contributed by atoms with Gasteiger partial charge in [0.25, 0.3) is 5.91 Å². The third-order valence-electron chi connectivity index (χ3n) is 3.46. The number of benzene rings is 2. The molecule has 2 aromatic carbocycles. The molecule has 1 amide bonds. The van der Waals surface area contributed by atoms with Gasteiger partial charge in [-0.1, -0.05) is 53.2 Å². The Labute approximate surface area is 164 Å². The summed E-state index contributed by atoms with van der Waals surface area (Å²) in [7, 11) is 1.46. The number of aromatic hydroxyl groups is 1. The number of thiocarbonyl (C=S) groups is 1. The van der Waals surface area contributed by atoms with E-state index in [2.05, 4.69) is 0 Å². The van der Waals surface area contributed by atoms with Crippen molar-refractivity contribution >= 4 is 69.2 Å². The molecule has 3 rings (SSSR count). The molecule has 1 N–H and O–H groups in total. The molecule has 0 aromatic heterocycles. The highest BCUT2D eigenvalue weighted by atomic mass is 35.5. The van der Waals surface area contributed by atoms with Crippen LogP contribution in [0.4, 0.5) is 5.69 Å². The lowest BCUT2D eigenvalue weighted by Gasteiger charge is -2.15. The van der Waals surface area contributed by atoms with Crippen LogP contribution in [0, 0.1) is 0 Å². The largest absolute Gasteiger partial charge is 0.504 e. The van der Waals surface area contributed by atoms with Gasteiger partial charge in [-0.15, -0.1) is 0 Å². The minimum absolute atomic E-state index is 0.0306. The quantitative estimate of drug-likeness (QED) is 0.561. The number of methoxy groups -OCH3 is 1. The predicted octanol–water partition coefficient (Wildman–Crippen LogP) is 5.11. The number of anilines is 1. The van der Waals surface area contributed by atoms with Crippen molar-refractivity contribution in [3.8, 4) is 11.5 Å². The Hall–Kier alpha value is -1.73. The van der Waals surface area contributed by atoms with Gasteiger partial charge in [0.05, 0.1) is 27.7 Å².